The molecule has 2 heterocycles. The van der Waals surface area contributed by atoms with Crippen molar-refractivity contribution in [2.45, 2.75) is 31.7 Å². The van der Waals surface area contributed by atoms with Gasteiger partial charge in [-0.15, -0.1) is 0 Å². The van der Waals surface area contributed by atoms with Crippen molar-refractivity contribution in [3.8, 4) is 0 Å². The molecule has 1 N–H and O–H groups in total. The van der Waals surface area contributed by atoms with Crippen molar-refractivity contribution in [1.29, 1.82) is 0 Å². The molecule has 2 aliphatic rings. The van der Waals surface area contributed by atoms with Crippen molar-refractivity contribution in [3.63, 3.8) is 0 Å². The van der Waals surface area contributed by atoms with Gasteiger partial charge in [-0.2, -0.15) is 0 Å². The van der Waals surface area contributed by atoms with Crippen LogP contribution >= 0.6 is 0 Å². The largest absolute Gasteiger partial charge is 0.360 e. The fourth-order valence-corrected chi connectivity index (χ4v) is 2.60. The molecule has 1 saturated carbocycles. The van der Waals surface area contributed by atoms with Gasteiger partial charge >= 0.3 is 0 Å². The molecular weight excluding hydrogens is 230 g/mol. The first-order valence-corrected chi connectivity index (χ1v) is 6.59. The lowest BCUT2D eigenvalue weighted by Gasteiger charge is -2.15. The molecular formula is C13H19N3O2. The quantitative estimate of drug-likeness (QED) is 0.875. The summed E-state index contributed by atoms with van der Waals surface area (Å²) < 4.78 is 5.20. The van der Waals surface area contributed by atoms with Crippen LogP contribution in [0, 0.1) is 5.92 Å². The first-order chi connectivity index (χ1) is 8.63. The molecule has 0 spiro atoms. The first kappa shape index (κ1) is 11.7. The zero-order valence-corrected chi connectivity index (χ0v) is 10.8. The topological polar surface area (TPSA) is 58.4 Å². The molecule has 1 aromatic heterocycles. The molecule has 1 saturated heterocycles. The van der Waals surface area contributed by atoms with Gasteiger partial charge in [-0.25, -0.2) is 0 Å². The van der Waals surface area contributed by atoms with Gasteiger partial charge < -0.3 is 14.7 Å². The van der Waals surface area contributed by atoms with E-state index in [4.69, 9.17) is 4.52 Å². The minimum Gasteiger partial charge on any atom is -0.360 e. The van der Waals surface area contributed by atoms with Crippen molar-refractivity contribution in [1.82, 2.24) is 15.4 Å². The van der Waals surface area contributed by atoms with Gasteiger partial charge in [0.2, 0.25) is 0 Å². The van der Waals surface area contributed by atoms with E-state index in [0.717, 1.165) is 31.7 Å². The van der Waals surface area contributed by atoms with Gasteiger partial charge in [-0.05, 0) is 25.8 Å². The molecule has 1 amide bonds. The summed E-state index contributed by atoms with van der Waals surface area (Å²) in [7, 11) is 2.07. The summed E-state index contributed by atoms with van der Waals surface area (Å²) in [5.41, 5.74) is 0.415. The van der Waals surface area contributed by atoms with Crippen LogP contribution < -0.4 is 5.32 Å². The molecule has 0 bridgehead atoms. The number of hydrogen-bond donors (Lipinski definition) is 1. The number of carbonyl (C=O) groups is 1. The van der Waals surface area contributed by atoms with Crippen LogP contribution in [0.15, 0.2) is 10.6 Å². The Morgan fingerprint density at radius 2 is 2.28 bits per heavy atom. The highest BCUT2D eigenvalue weighted by Crippen LogP contribution is 2.40. The average molecular weight is 249 g/mol. The van der Waals surface area contributed by atoms with Crippen LogP contribution in [0.1, 0.15) is 41.9 Å². The summed E-state index contributed by atoms with van der Waals surface area (Å²) in [5, 5.41) is 6.91. The van der Waals surface area contributed by atoms with E-state index in [1.54, 1.807) is 6.07 Å². The molecule has 2 unspecified atom stereocenters. The van der Waals surface area contributed by atoms with Gasteiger partial charge in [-0.1, -0.05) is 12.1 Å². The van der Waals surface area contributed by atoms with Crippen LogP contribution in [-0.4, -0.2) is 42.1 Å². The maximum absolute atomic E-state index is 12.1. The number of hydrogen-bond acceptors (Lipinski definition) is 4. The normalized spacial score (nSPS) is 28.6. The Kier molecular flexibility index (Phi) is 2.86. The van der Waals surface area contributed by atoms with Gasteiger partial charge in [0, 0.05) is 31.1 Å². The lowest BCUT2D eigenvalue weighted by Crippen LogP contribution is -2.39. The zero-order chi connectivity index (χ0) is 12.7. The Labute approximate surface area is 107 Å². The smallest absolute Gasteiger partial charge is 0.273 e. The fourth-order valence-electron chi connectivity index (χ4n) is 2.60. The van der Waals surface area contributed by atoms with Crippen molar-refractivity contribution < 1.29 is 9.32 Å². The summed E-state index contributed by atoms with van der Waals surface area (Å²) in [4.78, 5) is 14.3. The highest BCUT2D eigenvalue weighted by atomic mass is 16.5. The molecule has 1 aromatic rings. The number of rotatable bonds is 3. The Hall–Kier alpha value is -1.36. The van der Waals surface area contributed by atoms with Gasteiger partial charge in [0.15, 0.2) is 5.69 Å². The number of aromatic nitrogens is 1. The highest BCUT2D eigenvalue weighted by Gasteiger charge is 2.31. The molecule has 5 nitrogen and oxygen atoms in total. The zero-order valence-electron chi connectivity index (χ0n) is 10.8. The number of carbonyl (C=O) groups excluding carboxylic acids is 1. The van der Waals surface area contributed by atoms with Crippen LogP contribution in [0.3, 0.4) is 0 Å². The number of likely N-dealkylation sites (N-methyl/N-ethyl adjacent to an activating group) is 1. The third-order valence-electron chi connectivity index (χ3n) is 3.85. The molecule has 0 aromatic carbocycles. The van der Waals surface area contributed by atoms with Crippen LogP contribution in [-0.2, 0) is 0 Å². The molecule has 2 atom stereocenters. The minimum absolute atomic E-state index is 0.113. The molecule has 1 aliphatic carbocycles. The van der Waals surface area contributed by atoms with E-state index in [-0.39, 0.29) is 11.9 Å². The third-order valence-corrected chi connectivity index (χ3v) is 3.85. The van der Waals surface area contributed by atoms with E-state index in [1.807, 2.05) is 0 Å². The first-order valence-electron chi connectivity index (χ1n) is 6.59. The summed E-state index contributed by atoms with van der Waals surface area (Å²) in [5.74, 6) is 1.72. The summed E-state index contributed by atoms with van der Waals surface area (Å²) >= 11 is 0. The van der Waals surface area contributed by atoms with E-state index >= 15 is 0 Å². The number of nitrogens with zero attached hydrogens (tertiary/aromatic N) is 2. The molecule has 2 fully saturated rings. The highest BCUT2D eigenvalue weighted by molar-refractivity contribution is 5.92. The van der Waals surface area contributed by atoms with E-state index in [0.29, 0.717) is 17.5 Å². The Morgan fingerprint density at radius 3 is 2.89 bits per heavy atom. The maximum atomic E-state index is 12.1. The molecule has 18 heavy (non-hydrogen) atoms. The summed E-state index contributed by atoms with van der Waals surface area (Å²) in [6, 6.07) is 2.00. The van der Waals surface area contributed by atoms with Gasteiger partial charge in [0.1, 0.15) is 5.76 Å². The molecule has 3 rings (SSSR count). The molecule has 5 heteroatoms. The number of likely N-dealkylation sites (tertiary alicyclic amines) is 1. The van der Waals surface area contributed by atoms with E-state index < -0.39 is 0 Å². The second kappa shape index (κ2) is 4.39. The fraction of sp³-hybridized carbons (Fsp3) is 0.692. The second-order valence-electron chi connectivity index (χ2n) is 5.67. The van der Waals surface area contributed by atoms with Crippen LogP contribution in [0.25, 0.3) is 0 Å². The van der Waals surface area contributed by atoms with Crippen LogP contribution in [0.2, 0.25) is 0 Å². The van der Waals surface area contributed by atoms with Crippen molar-refractivity contribution in [2.24, 2.45) is 5.92 Å². The Bertz CT molecular complexity index is 453. The van der Waals surface area contributed by atoms with Crippen molar-refractivity contribution in [3.05, 3.63) is 17.5 Å². The second-order valence-corrected chi connectivity index (χ2v) is 5.67. The number of nitrogens with one attached hydrogen (secondary N) is 1. The van der Waals surface area contributed by atoms with E-state index in [2.05, 4.69) is 29.3 Å². The summed E-state index contributed by atoms with van der Waals surface area (Å²) in [6.45, 7) is 4.09. The van der Waals surface area contributed by atoms with Crippen LogP contribution in [0.5, 0.6) is 0 Å². The predicted molar refractivity (Wildman–Crippen MR) is 66.4 cm³/mol. The van der Waals surface area contributed by atoms with E-state index in [9.17, 15) is 4.79 Å². The predicted octanol–water partition coefficient (Wildman–Crippen LogP) is 1.23. The summed E-state index contributed by atoms with van der Waals surface area (Å²) in [6.07, 6.45) is 2.31. The Balaban J connectivity index is 1.63. The number of amides is 1. The monoisotopic (exact) mass is 249 g/mol. The van der Waals surface area contributed by atoms with E-state index in [1.165, 1.54) is 0 Å². The third kappa shape index (κ3) is 2.27. The van der Waals surface area contributed by atoms with Gasteiger partial charge in [0.25, 0.3) is 5.91 Å². The van der Waals surface area contributed by atoms with Crippen LogP contribution in [0.4, 0.5) is 0 Å². The van der Waals surface area contributed by atoms with Gasteiger partial charge in [0.05, 0.1) is 0 Å². The average Bonchev–Trinajstić information content (AvgIpc) is 2.96. The maximum Gasteiger partial charge on any atom is 0.273 e. The lowest BCUT2D eigenvalue weighted by atomic mass is 10.1. The standard InChI is InChI=1S/C13H19N3O2/c1-8-6-16(2)7-11(8)14-13(17)10-5-12(18-15-10)9-3-4-9/h5,8-9,11H,3-4,6-7H2,1-2H3,(H,14,17). The van der Waals surface area contributed by atoms with Crippen molar-refractivity contribution in [2.75, 3.05) is 20.1 Å². The molecule has 98 valence electrons. The van der Waals surface area contributed by atoms with Crippen molar-refractivity contribution >= 4 is 5.91 Å². The van der Waals surface area contributed by atoms with Gasteiger partial charge in [-0.3, -0.25) is 4.79 Å². The molecule has 0 radical (unpaired) electrons. The SMILES string of the molecule is CC1CN(C)CC1NC(=O)c1cc(C2CC2)on1. The molecule has 1 aliphatic heterocycles. The Morgan fingerprint density at radius 1 is 1.50 bits per heavy atom. The minimum atomic E-state index is -0.113. The lowest BCUT2D eigenvalue weighted by molar-refractivity contribution is 0.0922.